The van der Waals surface area contributed by atoms with Crippen molar-refractivity contribution in [2.45, 2.75) is 0 Å². The Morgan fingerprint density at radius 1 is 0.140 bits per heavy atom. The first kappa shape index (κ1) is 83.2. The van der Waals surface area contributed by atoms with E-state index in [0.29, 0.717) is 0 Å². The van der Waals surface area contributed by atoms with E-state index in [-0.39, 0.29) is 0 Å². The van der Waals surface area contributed by atoms with Crippen LogP contribution in [0.4, 0.5) is 0 Å². The van der Waals surface area contributed by atoms with Crippen LogP contribution in [0.1, 0.15) is 0 Å². The Hall–Kier alpha value is -19.2. The van der Waals surface area contributed by atoms with Crippen molar-refractivity contribution in [1.82, 2.24) is 33.2 Å². The first-order chi connectivity index (χ1) is 71.0. The van der Waals surface area contributed by atoms with Crippen LogP contribution in [0.25, 0.3) is 262 Å². The van der Waals surface area contributed by atoms with E-state index < -0.39 is 0 Å². The molecule has 0 spiro atoms. The number of pyridine rings is 3. The molecule has 29 rings (SSSR count). The van der Waals surface area contributed by atoms with E-state index in [1.54, 1.807) is 6.20 Å². The summed E-state index contributed by atoms with van der Waals surface area (Å²) in [5.41, 5.74) is 23.3. The van der Waals surface area contributed by atoms with Crippen LogP contribution in [0, 0.1) is 0 Å². The second-order valence-corrected chi connectivity index (χ2v) is 36.7. The number of rotatable bonds is 7. The zero-order chi connectivity index (χ0) is 94.4. The zero-order valence-electron chi connectivity index (χ0n) is 77.8. The molecule has 0 bridgehead atoms. The summed E-state index contributed by atoms with van der Waals surface area (Å²) in [6.07, 6.45) is 9.37. The molecule has 0 radical (unpaired) electrons. The molecule has 8 aromatic heterocycles. The van der Waals surface area contributed by atoms with Crippen molar-refractivity contribution in [2.75, 3.05) is 0 Å². The Bertz CT molecular complexity index is 10400. The van der Waals surface area contributed by atoms with Gasteiger partial charge in [-0.15, -0.1) is 0 Å². The maximum atomic E-state index is 6.09. The van der Waals surface area contributed by atoms with Gasteiger partial charge in [0.2, 0.25) is 0 Å². The molecule has 0 N–H and O–H groups in total. The maximum Gasteiger partial charge on any atom is 0.153 e. The van der Waals surface area contributed by atoms with E-state index >= 15 is 0 Å². The largest absolute Gasteiger partial charge is 0.454 e. The third-order valence-electron chi connectivity index (χ3n) is 28.8. The maximum absolute atomic E-state index is 6.09. The van der Waals surface area contributed by atoms with Crippen LogP contribution >= 0.6 is 0 Å². The Kier molecular flexibility index (Phi) is 20.5. The summed E-state index contributed by atoms with van der Waals surface area (Å²) in [5.74, 6) is 0. The van der Waals surface area contributed by atoms with Gasteiger partial charge in [-0.1, -0.05) is 346 Å². The summed E-state index contributed by atoms with van der Waals surface area (Å²) in [4.78, 5) is 13.6. The van der Waals surface area contributed by atoms with Crippen LogP contribution in [0.2, 0.25) is 0 Å². The van der Waals surface area contributed by atoms with Crippen molar-refractivity contribution in [3.63, 3.8) is 0 Å². The molecule has 0 saturated heterocycles. The number of nitrogens with zero attached hydrogens (tertiary/aromatic N) is 7. The third-order valence-corrected chi connectivity index (χ3v) is 28.8. The van der Waals surface area contributed by atoms with Gasteiger partial charge in [0.15, 0.2) is 5.58 Å². The molecule has 8 heterocycles. The molecule has 668 valence electrons. The molecular formula is C135H87N7O. The predicted molar refractivity (Wildman–Crippen MR) is 604 cm³/mol. The fraction of sp³-hybridized carbons (Fsp3) is 0. The molecule has 143 heavy (non-hydrogen) atoms. The van der Waals surface area contributed by atoms with Crippen LogP contribution in [0.3, 0.4) is 0 Å². The molecule has 0 aliphatic rings. The van der Waals surface area contributed by atoms with Gasteiger partial charge < -0.3 is 22.7 Å². The van der Waals surface area contributed by atoms with Crippen molar-refractivity contribution in [3.05, 3.63) is 528 Å². The summed E-state index contributed by atoms with van der Waals surface area (Å²) in [5, 5.41) is 32.4. The van der Waals surface area contributed by atoms with Crippen molar-refractivity contribution in [1.29, 1.82) is 0 Å². The summed E-state index contributed by atoms with van der Waals surface area (Å²) in [6, 6.07) is 180. The lowest BCUT2D eigenvalue weighted by molar-refractivity contribution is 0.667. The minimum atomic E-state index is 0.804. The minimum absolute atomic E-state index is 0.804. The van der Waals surface area contributed by atoms with Crippen LogP contribution in [-0.4, -0.2) is 33.2 Å². The molecular weight excluding hydrogens is 1740 g/mol. The summed E-state index contributed by atoms with van der Waals surface area (Å²) in [6.45, 7) is 0. The van der Waals surface area contributed by atoms with Gasteiger partial charge in [0, 0.05) is 106 Å². The number of hydrogen-bond donors (Lipinski definition) is 0. The second kappa shape index (κ2) is 35.1. The molecule has 0 fully saturated rings. The molecule has 0 saturated carbocycles. The highest BCUT2D eigenvalue weighted by Crippen LogP contribution is 2.46. The van der Waals surface area contributed by atoms with E-state index in [4.69, 9.17) is 9.40 Å². The molecule has 0 aliphatic heterocycles. The van der Waals surface area contributed by atoms with Gasteiger partial charge in [-0.2, -0.15) is 0 Å². The van der Waals surface area contributed by atoms with Crippen LogP contribution in [0.15, 0.2) is 533 Å². The molecule has 0 unspecified atom stereocenters. The predicted octanol–water partition coefficient (Wildman–Crippen LogP) is 36.3. The van der Waals surface area contributed by atoms with Gasteiger partial charge in [-0.05, 0) is 266 Å². The topological polar surface area (TPSA) is 71.5 Å². The number of aromatic nitrogens is 7. The second-order valence-electron chi connectivity index (χ2n) is 36.7. The quantitative estimate of drug-likeness (QED) is 0.149. The number of furan rings is 1. The van der Waals surface area contributed by atoms with Crippen molar-refractivity contribution >= 4 is 206 Å². The van der Waals surface area contributed by atoms with Gasteiger partial charge in [0.25, 0.3) is 0 Å². The van der Waals surface area contributed by atoms with Gasteiger partial charge in [-0.3, -0.25) is 15.0 Å². The lowest BCUT2D eigenvalue weighted by atomic mass is 9.93. The monoisotopic (exact) mass is 1820 g/mol. The van der Waals surface area contributed by atoms with Crippen molar-refractivity contribution < 1.29 is 4.42 Å². The lowest BCUT2D eigenvalue weighted by Gasteiger charge is -2.15. The lowest BCUT2D eigenvalue weighted by Crippen LogP contribution is -1.97. The summed E-state index contributed by atoms with van der Waals surface area (Å²) < 4.78 is 15.7. The van der Waals surface area contributed by atoms with Gasteiger partial charge in [0.1, 0.15) is 5.58 Å². The molecule has 8 nitrogen and oxygen atoms in total. The minimum Gasteiger partial charge on any atom is -0.454 e. The highest BCUT2D eigenvalue weighted by Gasteiger charge is 2.22. The number of fused-ring (bicyclic) bond motifs is 33. The zero-order valence-corrected chi connectivity index (χ0v) is 77.8. The Morgan fingerprint density at radius 2 is 0.378 bits per heavy atom. The first-order valence-corrected chi connectivity index (χ1v) is 48.7. The highest BCUT2D eigenvalue weighted by molar-refractivity contribution is 6.27. The average molecular weight is 1820 g/mol. The van der Waals surface area contributed by atoms with E-state index in [1.165, 1.54) is 162 Å². The number of para-hydroxylation sites is 7. The molecule has 29 aromatic rings. The van der Waals surface area contributed by atoms with Crippen molar-refractivity contribution in [3.8, 4) is 56.1 Å². The molecule has 0 atom stereocenters. The molecule has 0 aliphatic carbocycles. The molecule has 21 aromatic carbocycles. The molecule has 0 amide bonds. The van der Waals surface area contributed by atoms with Crippen LogP contribution in [0.5, 0.6) is 0 Å². The Morgan fingerprint density at radius 3 is 0.755 bits per heavy atom. The number of benzene rings is 21. The third kappa shape index (κ3) is 14.3. The summed E-state index contributed by atoms with van der Waals surface area (Å²) in [7, 11) is 0. The summed E-state index contributed by atoms with van der Waals surface area (Å²) >= 11 is 0. The SMILES string of the molecule is c1ccc(-n2c3ccccc3c3ccccc3c3ccccc3c3cc(-c4ccc5c(c4)c4ccncc4n5-c4ccccc4)ccc32)cc1.c1ccc(-n2c3ccccc3c3ccccc3c3ccccc3c3cc(-c4ccc5c6ccccc6c6ncccc6c5c4)ccc32)cc1.c1ccc(-n2c3ccccc3c3ccccc3c3ccccc3c3cc(-c4ccc5oc6cnccc6c5c4)ccc32)cc1. The number of hydrogen-bond acceptors (Lipinski definition) is 4. The van der Waals surface area contributed by atoms with Crippen LogP contribution in [-0.2, 0) is 0 Å². The highest BCUT2D eigenvalue weighted by atomic mass is 16.3. The van der Waals surface area contributed by atoms with E-state index in [1.807, 2.05) is 36.9 Å². The van der Waals surface area contributed by atoms with Crippen molar-refractivity contribution in [2.24, 2.45) is 0 Å². The van der Waals surface area contributed by atoms with E-state index in [9.17, 15) is 0 Å². The smallest absolute Gasteiger partial charge is 0.153 e. The fourth-order valence-corrected chi connectivity index (χ4v) is 22.4. The van der Waals surface area contributed by atoms with Gasteiger partial charge in [-0.25, -0.2) is 0 Å². The normalized spacial score (nSPS) is 11.6. The first-order valence-electron chi connectivity index (χ1n) is 48.7. The Labute approximate surface area is 822 Å². The molecule has 8 heteroatoms. The average Bonchev–Trinajstić information content (AvgIpc) is 1.62. The van der Waals surface area contributed by atoms with E-state index in [2.05, 4.69) is 514 Å². The van der Waals surface area contributed by atoms with Crippen LogP contribution < -0.4 is 0 Å². The Balaban J connectivity index is 0.000000107. The van der Waals surface area contributed by atoms with Gasteiger partial charge >= 0.3 is 0 Å². The fourth-order valence-electron chi connectivity index (χ4n) is 22.4. The van der Waals surface area contributed by atoms with E-state index in [0.717, 1.165) is 99.9 Å². The van der Waals surface area contributed by atoms with Gasteiger partial charge in [0.05, 0.1) is 62.0 Å². The standard InChI is InChI=1S/C47H31N3.C47H30N2.C41H26N2O/c1-3-13-34(14-4-1)49-44-22-12-11-21-40(44)38-19-9-7-17-36(38)37-18-8-10-20-39(37)42-29-32(23-25-45(42)49)33-24-26-46-43(30-33)41-27-28-48-31-47(41)50(46)35-15-5-2-6-16-35;1-2-13-33(14-3-1)49-45-23-11-10-20-40(45)36-17-6-4-15-34(36)35-16-5-7-19-38(35)44-30-32(25-27-46(44)49)31-24-26-39-37-18-8-9-21-41(37)47-42(43(39)29-31)22-12-28-48-47;1-2-10-29(11-3-1)43-38-17-9-8-16-34(38)32-14-6-4-12-30(32)31-13-5-7-15-33(31)36-24-27(18-20-39(36)43)28-19-21-40-37(25-28)35-22-23-42-26-41(35)44-40/h1-31H;1-30H;1-26H.